The van der Waals surface area contributed by atoms with Crippen LogP contribution in [0.15, 0.2) is 0 Å². The predicted octanol–water partition coefficient (Wildman–Crippen LogP) is 2.31. The average molecular weight is 282 g/mol. The van der Waals surface area contributed by atoms with Crippen LogP contribution in [0.3, 0.4) is 0 Å². The van der Waals surface area contributed by atoms with Crippen LogP contribution in [-0.2, 0) is 4.79 Å². The van der Waals surface area contributed by atoms with Crippen molar-refractivity contribution in [3.63, 3.8) is 0 Å². The number of nitrogens with one attached hydrogen (secondary N) is 2. The van der Waals surface area contributed by atoms with Crippen LogP contribution >= 0.6 is 11.8 Å². The molecule has 3 fully saturated rings. The van der Waals surface area contributed by atoms with Crippen molar-refractivity contribution in [1.29, 1.82) is 0 Å². The summed E-state index contributed by atoms with van der Waals surface area (Å²) in [6.07, 6.45) is 8.33. The van der Waals surface area contributed by atoms with Gasteiger partial charge in [-0.15, -0.1) is 0 Å². The summed E-state index contributed by atoms with van der Waals surface area (Å²) in [5, 5.41) is 6.82. The minimum atomic E-state index is 0.278. The summed E-state index contributed by atoms with van der Waals surface area (Å²) in [5.74, 6) is 2.15. The molecule has 0 saturated carbocycles. The van der Waals surface area contributed by atoms with E-state index in [-0.39, 0.29) is 5.91 Å². The first kappa shape index (κ1) is 13.7. The highest BCUT2D eigenvalue weighted by molar-refractivity contribution is 8.00. The summed E-state index contributed by atoms with van der Waals surface area (Å²) >= 11 is 2.02. The normalized spacial score (nSPS) is 41.4. The second-order valence-corrected chi connectivity index (χ2v) is 8.54. The topological polar surface area (TPSA) is 41.1 Å². The van der Waals surface area contributed by atoms with E-state index in [4.69, 9.17) is 0 Å². The van der Waals surface area contributed by atoms with E-state index in [1.165, 1.54) is 44.3 Å². The maximum absolute atomic E-state index is 12.1. The maximum atomic E-state index is 12.1. The number of piperidine rings is 1. The van der Waals surface area contributed by atoms with Gasteiger partial charge in [-0.25, -0.2) is 0 Å². The van der Waals surface area contributed by atoms with Crippen molar-refractivity contribution < 1.29 is 4.79 Å². The fourth-order valence-electron chi connectivity index (χ4n) is 3.94. The zero-order valence-corrected chi connectivity index (χ0v) is 12.7. The van der Waals surface area contributed by atoms with Gasteiger partial charge in [-0.3, -0.25) is 4.79 Å². The molecule has 3 saturated heterocycles. The van der Waals surface area contributed by atoms with E-state index in [1.807, 2.05) is 11.8 Å². The van der Waals surface area contributed by atoms with Gasteiger partial charge in [0.2, 0.25) is 5.91 Å². The van der Waals surface area contributed by atoms with E-state index in [0.717, 1.165) is 13.0 Å². The molecule has 3 unspecified atom stereocenters. The fourth-order valence-corrected chi connectivity index (χ4v) is 5.18. The molecule has 3 aliphatic heterocycles. The van der Waals surface area contributed by atoms with Gasteiger partial charge in [0, 0.05) is 29.8 Å². The molecule has 0 spiro atoms. The summed E-state index contributed by atoms with van der Waals surface area (Å²) in [4.78, 5) is 12.1. The maximum Gasteiger partial charge on any atom is 0.220 e. The highest BCUT2D eigenvalue weighted by Gasteiger charge is 2.35. The molecule has 19 heavy (non-hydrogen) atoms. The third kappa shape index (κ3) is 3.46. The van der Waals surface area contributed by atoms with Gasteiger partial charge in [0.15, 0.2) is 0 Å². The third-order valence-electron chi connectivity index (χ3n) is 5.00. The second-order valence-electron chi connectivity index (χ2n) is 6.86. The Hall–Kier alpha value is -0.220. The lowest BCUT2D eigenvalue weighted by atomic mass is 9.89. The van der Waals surface area contributed by atoms with Crippen LogP contribution < -0.4 is 10.6 Å². The van der Waals surface area contributed by atoms with Gasteiger partial charge in [0.1, 0.15) is 0 Å². The summed E-state index contributed by atoms with van der Waals surface area (Å²) in [6, 6.07) is 1.39. The molecule has 1 amide bonds. The van der Waals surface area contributed by atoms with Crippen molar-refractivity contribution in [3.05, 3.63) is 0 Å². The Morgan fingerprint density at radius 3 is 2.74 bits per heavy atom. The summed E-state index contributed by atoms with van der Waals surface area (Å²) in [5.41, 5.74) is 0. The molecule has 3 atom stereocenters. The molecule has 3 aliphatic rings. The van der Waals surface area contributed by atoms with Crippen LogP contribution in [0, 0.1) is 5.92 Å². The number of hydrogen-bond acceptors (Lipinski definition) is 3. The molecule has 0 aromatic heterocycles. The predicted molar refractivity (Wildman–Crippen MR) is 80.4 cm³/mol. The Morgan fingerprint density at radius 1 is 1.37 bits per heavy atom. The Kier molecular flexibility index (Phi) is 4.08. The van der Waals surface area contributed by atoms with Crippen LogP contribution in [-0.4, -0.2) is 35.0 Å². The summed E-state index contributed by atoms with van der Waals surface area (Å²) in [6.45, 7) is 3.14. The zero-order valence-electron chi connectivity index (χ0n) is 11.9. The highest BCUT2D eigenvalue weighted by Crippen LogP contribution is 2.37. The molecule has 4 heteroatoms. The Balaban J connectivity index is 1.41. The van der Waals surface area contributed by atoms with E-state index in [9.17, 15) is 4.79 Å². The van der Waals surface area contributed by atoms with Crippen molar-refractivity contribution in [1.82, 2.24) is 10.6 Å². The molecule has 2 bridgehead atoms. The molecule has 0 aliphatic carbocycles. The number of carbonyl (C=O) groups is 1. The number of carbonyl (C=O) groups excluding carboxylic acids is 1. The zero-order chi connectivity index (χ0) is 13.3. The monoisotopic (exact) mass is 282 g/mol. The average Bonchev–Trinajstić information content (AvgIpc) is 2.95. The van der Waals surface area contributed by atoms with Crippen molar-refractivity contribution in [3.8, 4) is 0 Å². The van der Waals surface area contributed by atoms with Gasteiger partial charge in [-0.2, -0.15) is 11.8 Å². The molecular formula is C15H26N2OS. The van der Waals surface area contributed by atoms with Gasteiger partial charge >= 0.3 is 0 Å². The van der Waals surface area contributed by atoms with Gasteiger partial charge in [-0.1, -0.05) is 0 Å². The van der Waals surface area contributed by atoms with E-state index in [0.29, 0.717) is 22.7 Å². The van der Waals surface area contributed by atoms with Gasteiger partial charge < -0.3 is 10.6 Å². The van der Waals surface area contributed by atoms with Crippen LogP contribution in [0.2, 0.25) is 0 Å². The standard InChI is InChI=1S/C15H26N2OS/c1-15(5-2-6-19-15)10-16-14(18)9-11-7-12-3-4-13(8-11)17-12/h11-13,17H,2-10H2,1H3,(H,16,18). The number of hydrogen-bond donors (Lipinski definition) is 2. The molecule has 0 aromatic carbocycles. The lowest BCUT2D eigenvalue weighted by molar-refractivity contribution is -0.122. The smallest absolute Gasteiger partial charge is 0.220 e. The first-order chi connectivity index (χ1) is 9.13. The van der Waals surface area contributed by atoms with Crippen LogP contribution in [0.1, 0.15) is 51.9 Å². The molecule has 108 valence electrons. The Labute approximate surface area is 120 Å². The SMILES string of the molecule is CC1(CNC(=O)CC2CC3CCC(C2)N3)CCCS1. The summed E-state index contributed by atoms with van der Waals surface area (Å²) < 4.78 is 0.294. The van der Waals surface area contributed by atoms with Crippen molar-refractivity contribution >= 4 is 17.7 Å². The largest absolute Gasteiger partial charge is 0.355 e. The second kappa shape index (κ2) is 5.65. The molecule has 0 aromatic rings. The lowest BCUT2D eigenvalue weighted by Gasteiger charge is -2.29. The first-order valence-electron chi connectivity index (χ1n) is 7.80. The fraction of sp³-hybridized carbons (Fsp3) is 0.933. The lowest BCUT2D eigenvalue weighted by Crippen LogP contribution is -2.41. The van der Waals surface area contributed by atoms with E-state index in [1.54, 1.807) is 0 Å². The highest BCUT2D eigenvalue weighted by atomic mass is 32.2. The van der Waals surface area contributed by atoms with E-state index in [2.05, 4.69) is 17.6 Å². The van der Waals surface area contributed by atoms with Gasteiger partial charge in [0.25, 0.3) is 0 Å². The molecule has 3 rings (SSSR count). The number of amides is 1. The number of rotatable bonds is 4. The third-order valence-corrected chi connectivity index (χ3v) is 6.54. The van der Waals surface area contributed by atoms with Gasteiger partial charge in [-0.05, 0) is 57.1 Å². The quantitative estimate of drug-likeness (QED) is 0.831. The molecule has 3 heterocycles. The molecule has 3 nitrogen and oxygen atoms in total. The molecule has 2 N–H and O–H groups in total. The van der Waals surface area contributed by atoms with E-state index < -0.39 is 0 Å². The summed E-state index contributed by atoms with van der Waals surface area (Å²) in [7, 11) is 0. The Bertz CT molecular complexity index is 329. The number of fused-ring (bicyclic) bond motifs is 2. The number of thioether (sulfide) groups is 1. The first-order valence-corrected chi connectivity index (χ1v) is 8.78. The van der Waals surface area contributed by atoms with Crippen molar-refractivity contribution in [2.24, 2.45) is 5.92 Å². The van der Waals surface area contributed by atoms with Crippen LogP contribution in [0.5, 0.6) is 0 Å². The molecular weight excluding hydrogens is 256 g/mol. The minimum Gasteiger partial charge on any atom is -0.355 e. The minimum absolute atomic E-state index is 0.278. The van der Waals surface area contributed by atoms with Crippen molar-refractivity contribution in [2.45, 2.75) is 68.7 Å². The molecule has 0 radical (unpaired) electrons. The van der Waals surface area contributed by atoms with Gasteiger partial charge in [0.05, 0.1) is 0 Å². The van der Waals surface area contributed by atoms with Crippen molar-refractivity contribution in [2.75, 3.05) is 12.3 Å². The van der Waals surface area contributed by atoms with Crippen LogP contribution in [0.25, 0.3) is 0 Å². The van der Waals surface area contributed by atoms with Crippen LogP contribution in [0.4, 0.5) is 0 Å². The Morgan fingerprint density at radius 2 is 2.11 bits per heavy atom. The van der Waals surface area contributed by atoms with E-state index >= 15 is 0 Å².